The fraction of sp³-hybridized carbons (Fsp3) is 0.611. The monoisotopic (exact) mass is 358 g/mol. The van der Waals surface area contributed by atoms with Gasteiger partial charge in [0.15, 0.2) is 0 Å². The van der Waals surface area contributed by atoms with Crippen LogP contribution in [-0.2, 0) is 4.79 Å². The van der Waals surface area contributed by atoms with Crippen LogP contribution < -0.4 is 4.90 Å². The molecular formula is C18H22F4N2O. The number of carbonyl (C=O) groups is 1. The fourth-order valence-corrected chi connectivity index (χ4v) is 4.40. The van der Waals surface area contributed by atoms with Gasteiger partial charge in [-0.15, -0.1) is 0 Å². The van der Waals surface area contributed by atoms with Gasteiger partial charge in [0.2, 0.25) is 5.91 Å². The zero-order chi connectivity index (χ0) is 18.4. The normalized spacial score (nSPS) is 25.8. The molecule has 2 heterocycles. The van der Waals surface area contributed by atoms with Crippen molar-refractivity contribution in [1.82, 2.24) is 4.90 Å². The number of amides is 1. The number of anilines is 1. The Bertz CT molecular complexity index is 641. The van der Waals surface area contributed by atoms with Crippen molar-refractivity contribution in [2.24, 2.45) is 5.92 Å². The molecule has 0 bridgehead atoms. The number of likely N-dealkylation sites (tertiary alicyclic amines) is 1. The van der Waals surface area contributed by atoms with Gasteiger partial charge in [-0.2, -0.15) is 13.2 Å². The third-order valence-electron chi connectivity index (χ3n) is 5.25. The Labute approximate surface area is 144 Å². The van der Waals surface area contributed by atoms with E-state index in [4.69, 9.17) is 0 Å². The molecule has 0 aromatic heterocycles. The van der Waals surface area contributed by atoms with Crippen molar-refractivity contribution in [2.75, 3.05) is 18.0 Å². The molecular weight excluding hydrogens is 336 g/mol. The summed E-state index contributed by atoms with van der Waals surface area (Å²) < 4.78 is 50.7. The molecule has 0 aliphatic carbocycles. The fourth-order valence-electron chi connectivity index (χ4n) is 4.40. The van der Waals surface area contributed by atoms with Crippen molar-refractivity contribution in [3.05, 3.63) is 30.1 Å². The highest BCUT2D eigenvalue weighted by atomic mass is 19.4. The molecule has 2 saturated heterocycles. The highest BCUT2D eigenvalue weighted by molar-refractivity contribution is 5.77. The summed E-state index contributed by atoms with van der Waals surface area (Å²) in [6.45, 7) is 4.83. The van der Waals surface area contributed by atoms with Crippen LogP contribution in [0.4, 0.5) is 23.2 Å². The SMILES string of the molecule is CC1(C)C[C@@H]2CN(C(=O)CC(F)(F)F)CC[C@@H]2N1c1ccc(F)cc1. The Morgan fingerprint density at radius 3 is 2.48 bits per heavy atom. The van der Waals surface area contributed by atoms with E-state index in [1.807, 2.05) is 0 Å². The van der Waals surface area contributed by atoms with Crippen LogP contribution in [0.1, 0.15) is 33.1 Å². The second-order valence-electron chi connectivity index (χ2n) is 7.61. The molecule has 2 fully saturated rings. The highest BCUT2D eigenvalue weighted by Gasteiger charge is 2.49. The average Bonchev–Trinajstić information content (AvgIpc) is 2.75. The summed E-state index contributed by atoms with van der Waals surface area (Å²) in [5, 5.41) is 0. The molecule has 138 valence electrons. The van der Waals surface area contributed by atoms with Crippen LogP contribution >= 0.6 is 0 Å². The minimum Gasteiger partial charge on any atom is -0.363 e. The third kappa shape index (κ3) is 3.75. The Kier molecular flexibility index (Phi) is 4.45. The quantitative estimate of drug-likeness (QED) is 0.747. The second kappa shape index (κ2) is 6.18. The smallest absolute Gasteiger partial charge is 0.363 e. The Morgan fingerprint density at radius 1 is 1.24 bits per heavy atom. The van der Waals surface area contributed by atoms with Crippen LogP contribution in [0.2, 0.25) is 0 Å². The molecule has 1 amide bonds. The van der Waals surface area contributed by atoms with E-state index in [1.165, 1.54) is 17.0 Å². The van der Waals surface area contributed by atoms with Gasteiger partial charge in [0.05, 0.1) is 0 Å². The van der Waals surface area contributed by atoms with E-state index in [2.05, 4.69) is 18.7 Å². The Hall–Kier alpha value is -1.79. The van der Waals surface area contributed by atoms with Gasteiger partial charge in [0.25, 0.3) is 0 Å². The number of hydrogen-bond donors (Lipinski definition) is 0. The molecule has 0 radical (unpaired) electrons. The van der Waals surface area contributed by atoms with Gasteiger partial charge in [0.1, 0.15) is 12.2 Å². The Morgan fingerprint density at radius 2 is 1.88 bits per heavy atom. The van der Waals surface area contributed by atoms with Crippen molar-refractivity contribution in [2.45, 2.75) is 50.9 Å². The van der Waals surface area contributed by atoms with Crippen molar-refractivity contribution < 1.29 is 22.4 Å². The van der Waals surface area contributed by atoms with Gasteiger partial charge in [-0.3, -0.25) is 4.79 Å². The summed E-state index contributed by atoms with van der Waals surface area (Å²) in [7, 11) is 0. The predicted molar refractivity (Wildman–Crippen MR) is 86.7 cm³/mol. The first kappa shape index (κ1) is 18.0. The third-order valence-corrected chi connectivity index (χ3v) is 5.25. The number of halogens is 4. The molecule has 25 heavy (non-hydrogen) atoms. The maximum absolute atomic E-state index is 13.2. The number of carbonyl (C=O) groups excluding carboxylic acids is 1. The van der Waals surface area contributed by atoms with E-state index in [1.54, 1.807) is 12.1 Å². The van der Waals surface area contributed by atoms with E-state index < -0.39 is 18.5 Å². The molecule has 0 unspecified atom stereocenters. The van der Waals surface area contributed by atoms with Crippen LogP contribution in [0.25, 0.3) is 0 Å². The van der Waals surface area contributed by atoms with Crippen molar-refractivity contribution in [1.29, 1.82) is 0 Å². The minimum atomic E-state index is -4.47. The topological polar surface area (TPSA) is 23.6 Å². The maximum atomic E-state index is 13.2. The lowest BCUT2D eigenvalue weighted by molar-refractivity contribution is -0.162. The summed E-state index contributed by atoms with van der Waals surface area (Å²) >= 11 is 0. The first-order valence-corrected chi connectivity index (χ1v) is 8.46. The summed E-state index contributed by atoms with van der Waals surface area (Å²) in [6.07, 6.45) is -4.46. The molecule has 3 nitrogen and oxygen atoms in total. The van der Waals surface area contributed by atoms with Crippen LogP contribution in [0.5, 0.6) is 0 Å². The van der Waals surface area contributed by atoms with Gasteiger partial charge in [-0.25, -0.2) is 4.39 Å². The summed E-state index contributed by atoms with van der Waals surface area (Å²) in [5.74, 6) is -1.03. The number of fused-ring (bicyclic) bond motifs is 1. The minimum absolute atomic E-state index is 0.117. The molecule has 7 heteroatoms. The summed E-state index contributed by atoms with van der Waals surface area (Å²) in [5.41, 5.74) is 0.713. The molecule has 3 rings (SSSR count). The summed E-state index contributed by atoms with van der Waals surface area (Å²) in [4.78, 5) is 15.5. The first-order chi connectivity index (χ1) is 11.6. The predicted octanol–water partition coefficient (Wildman–Crippen LogP) is 3.98. The highest BCUT2D eigenvalue weighted by Crippen LogP contribution is 2.44. The zero-order valence-electron chi connectivity index (χ0n) is 14.3. The Balaban J connectivity index is 1.76. The second-order valence-corrected chi connectivity index (χ2v) is 7.61. The van der Waals surface area contributed by atoms with Crippen molar-refractivity contribution in [3.63, 3.8) is 0 Å². The number of piperidine rings is 1. The van der Waals surface area contributed by atoms with Crippen molar-refractivity contribution in [3.8, 4) is 0 Å². The summed E-state index contributed by atoms with van der Waals surface area (Å²) in [6, 6.07) is 6.46. The standard InChI is InChI=1S/C18H22F4N2O/c1-17(2)9-12-11-23(16(25)10-18(20,21)22)8-7-15(12)24(17)14-5-3-13(19)4-6-14/h3-6,12,15H,7-11H2,1-2H3/t12-,15+/m1/s1. The molecule has 2 aliphatic rings. The number of benzene rings is 1. The van der Waals surface area contributed by atoms with Gasteiger partial charge < -0.3 is 9.80 Å². The lowest BCUT2D eigenvalue weighted by atomic mass is 9.89. The molecule has 0 N–H and O–H groups in total. The van der Waals surface area contributed by atoms with Crippen LogP contribution in [0, 0.1) is 11.7 Å². The van der Waals surface area contributed by atoms with Crippen LogP contribution in [0.3, 0.4) is 0 Å². The maximum Gasteiger partial charge on any atom is 0.397 e. The number of nitrogens with zero attached hydrogens (tertiary/aromatic N) is 2. The number of rotatable bonds is 2. The molecule has 1 aromatic rings. The van der Waals surface area contributed by atoms with E-state index in [0.29, 0.717) is 19.5 Å². The van der Waals surface area contributed by atoms with Gasteiger partial charge in [-0.05, 0) is 56.9 Å². The van der Waals surface area contributed by atoms with Gasteiger partial charge in [-0.1, -0.05) is 0 Å². The lowest BCUT2D eigenvalue weighted by Gasteiger charge is -2.42. The van der Waals surface area contributed by atoms with E-state index in [0.717, 1.165) is 12.1 Å². The largest absolute Gasteiger partial charge is 0.397 e. The van der Waals surface area contributed by atoms with E-state index in [-0.39, 0.29) is 23.3 Å². The zero-order valence-corrected chi connectivity index (χ0v) is 14.3. The van der Waals surface area contributed by atoms with Gasteiger partial charge in [0, 0.05) is 30.4 Å². The first-order valence-electron chi connectivity index (χ1n) is 8.46. The molecule has 1 aromatic carbocycles. The number of hydrogen-bond acceptors (Lipinski definition) is 2. The van der Waals surface area contributed by atoms with E-state index in [9.17, 15) is 22.4 Å². The molecule has 0 spiro atoms. The van der Waals surface area contributed by atoms with Gasteiger partial charge >= 0.3 is 6.18 Å². The van der Waals surface area contributed by atoms with Crippen molar-refractivity contribution >= 4 is 11.6 Å². The number of alkyl halides is 3. The lowest BCUT2D eigenvalue weighted by Crippen LogP contribution is -2.50. The molecule has 0 saturated carbocycles. The van der Waals surface area contributed by atoms with Crippen LogP contribution in [0.15, 0.2) is 24.3 Å². The molecule has 2 aliphatic heterocycles. The van der Waals surface area contributed by atoms with Crippen LogP contribution in [-0.4, -0.2) is 41.7 Å². The average molecular weight is 358 g/mol. The molecule has 2 atom stereocenters. The van der Waals surface area contributed by atoms with E-state index >= 15 is 0 Å².